The van der Waals surface area contributed by atoms with E-state index in [1.54, 1.807) is 30.5 Å². The lowest BCUT2D eigenvalue weighted by Crippen LogP contribution is -2.16. The maximum atomic E-state index is 12.6. The summed E-state index contributed by atoms with van der Waals surface area (Å²) >= 11 is 6.20. The molecule has 5 nitrogen and oxygen atoms in total. The van der Waals surface area contributed by atoms with E-state index in [1.807, 2.05) is 36.4 Å². The van der Waals surface area contributed by atoms with Gasteiger partial charge < -0.3 is 14.8 Å². The summed E-state index contributed by atoms with van der Waals surface area (Å²) in [7, 11) is 0. The van der Waals surface area contributed by atoms with E-state index in [2.05, 4.69) is 17.2 Å². The molecule has 1 N–H and O–H groups in total. The van der Waals surface area contributed by atoms with Crippen LogP contribution in [0.3, 0.4) is 0 Å². The number of halogens is 1. The van der Waals surface area contributed by atoms with Crippen LogP contribution in [-0.2, 0) is 4.74 Å². The Balaban J connectivity index is 1.73. The summed E-state index contributed by atoms with van der Waals surface area (Å²) in [6, 6.07) is 18.2. The van der Waals surface area contributed by atoms with Gasteiger partial charge in [0.05, 0.1) is 17.9 Å². The maximum absolute atomic E-state index is 12.6. The Morgan fingerprint density at radius 2 is 1.88 bits per heavy atom. The quantitative estimate of drug-likeness (QED) is 0.236. The zero-order valence-electron chi connectivity index (χ0n) is 18.3. The lowest BCUT2D eigenvalue weighted by Gasteiger charge is -2.22. The molecule has 32 heavy (non-hydrogen) atoms. The molecule has 2 aromatic carbocycles. The molecule has 0 fully saturated rings. The standard InChI is InChI=1S/C26H29ClN2O3/c1-2-3-4-5-8-17-31-26(20-11-9-13-22(27)18-20)32-24-15-7-6-14-23(24)29-25(30)21-12-10-16-28-19-21/h6-7,9-16,18-19,26H,2-5,8,17H2,1H3,(H,29,30). The van der Waals surface area contributed by atoms with Gasteiger partial charge in [-0.1, -0.05) is 68.5 Å². The molecule has 0 aliphatic rings. The summed E-state index contributed by atoms with van der Waals surface area (Å²) in [5.74, 6) is 0.256. The molecule has 0 saturated carbocycles. The van der Waals surface area contributed by atoms with Crippen LogP contribution in [0.2, 0.25) is 5.02 Å². The molecule has 168 valence electrons. The first-order chi connectivity index (χ1) is 15.7. The second kappa shape index (κ2) is 12.8. The zero-order chi connectivity index (χ0) is 22.6. The van der Waals surface area contributed by atoms with Gasteiger partial charge in [0, 0.05) is 23.0 Å². The van der Waals surface area contributed by atoms with Crippen molar-refractivity contribution in [3.63, 3.8) is 0 Å². The summed E-state index contributed by atoms with van der Waals surface area (Å²) < 4.78 is 12.3. The highest BCUT2D eigenvalue weighted by molar-refractivity contribution is 6.30. The first kappa shape index (κ1) is 23.8. The normalized spacial score (nSPS) is 11.7. The molecule has 6 heteroatoms. The number of unbranched alkanes of at least 4 members (excludes halogenated alkanes) is 4. The monoisotopic (exact) mass is 452 g/mol. The second-order valence-corrected chi connectivity index (χ2v) is 7.92. The number of para-hydroxylation sites is 2. The lowest BCUT2D eigenvalue weighted by molar-refractivity contribution is -0.0843. The second-order valence-electron chi connectivity index (χ2n) is 7.48. The van der Waals surface area contributed by atoms with Crippen molar-refractivity contribution < 1.29 is 14.3 Å². The number of nitrogens with one attached hydrogen (secondary N) is 1. The van der Waals surface area contributed by atoms with Gasteiger partial charge in [0.2, 0.25) is 6.29 Å². The van der Waals surface area contributed by atoms with Crippen molar-refractivity contribution in [2.45, 2.75) is 45.3 Å². The number of rotatable bonds is 12. The minimum absolute atomic E-state index is 0.259. The Bertz CT molecular complexity index is 982. The number of aromatic nitrogens is 1. The molecule has 1 atom stereocenters. The molecule has 1 amide bonds. The summed E-state index contributed by atoms with van der Waals surface area (Å²) in [5, 5.41) is 3.51. The Kier molecular flexibility index (Phi) is 9.54. The van der Waals surface area contributed by atoms with Crippen molar-refractivity contribution in [3.8, 4) is 5.75 Å². The minimum Gasteiger partial charge on any atom is -0.458 e. The molecular weight excluding hydrogens is 424 g/mol. The molecule has 0 spiro atoms. The average Bonchev–Trinajstić information content (AvgIpc) is 2.82. The van der Waals surface area contributed by atoms with Crippen molar-refractivity contribution >= 4 is 23.2 Å². The highest BCUT2D eigenvalue weighted by Gasteiger charge is 2.18. The highest BCUT2D eigenvalue weighted by Crippen LogP contribution is 2.31. The van der Waals surface area contributed by atoms with Crippen LogP contribution in [0, 0.1) is 0 Å². The van der Waals surface area contributed by atoms with Gasteiger partial charge in [-0.05, 0) is 42.8 Å². The minimum atomic E-state index is -0.642. The maximum Gasteiger partial charge on any atom is 0.257 e. The van der Waals surface area contributed by atoms with Crippen LogP contribution < -0.4 is 10.1 Å². The number of hydrogen-bond donors (Lipinski definition) is 1. The molecule has 0 aliphatic carbocycles. The van der Waals surface area contributed by atoms with Crippen molar-refractivity contribution in [2.75, 3.05) is 11.9 Å². The number of nitrogens with zero attached hydrogens (tertiary/aromatic N) is 1. The van der Waals surface area contributed by atoms with Crippen LogP contribution in [0.4, 0.5) is 5.69 Å². The first-order valence-corrected chi connectivity index (χ1v) is 11.4. The third kappa shape index (κ3) is 7.36. The number of ether oxygens (including phenoxy) is 2. The summed E-state index contributed by atoms with van der Waals surface area (Å²) in [5.41, 5.74) is 1.84. The van der Waals surface area contributed by atoms with Gasteiger partial charge in [-0.2, -0.15) is 0 Å². The molecule has 0 aliphatic heterocycles. The SMILES string of the molecule is CCCCCCCOC(Oc1ccccc1NC(=O)c1cccnc1)c1cccc(Cl)c1. The molecule has 0 bridgehead atoms. The lowest BCUT2D eigenvalue weighted by atomic mass is 10.1. The summed E-state index contributed by atoms with van der Waals surface area (Å²) in [6.07, 6.45) is 8.23. The van der Waals surface area contributed by atoms with Crippen molar-refractivity contribution in [2.24, 2.45) is 0 Å². The predicted octanol–water partition coefficient (Wildman–Crippen LogP) is 7.05. The van der Waals surface area contributed by atoms with E-state index in [0.717, 1.165) is 18.4 Å². The molecular formula is C26H29ClN2O3. The van der Waals surface area contributed by atoms with E-state index >= 15 is 0 Å². The fourth-order valence-electron chi connectivity index (χ4n) is 3.23. The Labute approximate surface area is 194 Å². The van der Waals surface area contributed by atoms with Crippen molar-refractivity contribution in [1.82, 2.24) is 4.98 Å². The molecule has 3 rings (SSSR count). The van der Waals surface area contributed by atoms with Crippen LogP contribution in [0.1, 0.15) is 61.2 Å². The smallest absolute Gasteiger partial charge is 0.257 e. The molecule has 0 saturated heterocycles. The van der Waals surface area contributed by atoms with E-state index < -0.39 is 6.29 Å². The first-order valence-electron chi connectivity index (χ1n) is 11.0. The third-order valence-electron chi connectivity index (χ3n) is 4.93. The van der Waals surface area contributed by atoms with Gasteiger partial charge in [-0.25, -0.2) is 0 Å². The number of anilines is 1. The Morgan fingerprint density at radius 1 is 1.03 bits per heavy atom. The van der Waals surface area contributed by atoms with Crippen LogP contribution in [0.25, 0.3) is 0 Å². The summed E-state index contributed by atoms with van der Waals surface area (Å²) in [6.45, 7) is 2.77. The molecule has 3 aromatic rings. The van der Waals surface area contributed by atoms with Crippen LogP contribution >= 0.6 is 11.6 Å². The number of carbonyl (C=O) groups excluding carboxylic acids is 1. The zero-order valence-corrected chi connectivity index (χ0v) is 19.1. The predicted molar refractivity (Wildman–Crippen MR) is 128 cm³/mol. The van der Waals surface area contributed by atoms with E-state index in [9.17, 15) is 4.79 Å². The number of amides is 1. The molecule has 1 aromatic heterocycles. The Morgan fingerprint density at radius 3 is 2.66 bits per heavy atom. The average molecular weight is 453 g/mol. The fraction of sp³-hybridized carbons (Fsp3) is 0.308. The Hall–Kier alpha value is -2.89. The van der Waals surface area contributed by atoms with E-state index in [1.165, 1.54) is 25.5 Å². The number of hydrogen-bond acceptors (Lipinski definition) is 4. The van der Waals surface area contributed by atoms with Gasteiger partial charge in [-0.3, -0.25) is 9.78 Å². The van der Waals surface area contributed by atoms with Crippen LogP contribution in [0.5, 0.6) is 5.75 Å². The largest absolute Gasteiger partial charge is 0.458 e. The van der Waals surface area contributed by atoms with Gasteiger partial charge in [-0.15, -0.1) is 0 Å². The van der Waals surface area contributed by atoms with E-state index in [-0.39, 0.29) is 5.91 Å². The van der Waals surface area contributed by atoms with Gasteiger partial charge >= 0.3 is 0 Å². The van der Waals surface area contributed by atoms with Crippen molar-refractivity contribution in [1.29, 1.82) is 0 Å². The molecule has 1 unspecified atom stereocenters. The summed E-state index contributed by atoms with van der Waals surface area (Å²) in [4.78, 5) is 16.6. The highest BCUT2D eigenvalue weighted by atomic mass is 35.5. The topological polar surface area (TPSA) is 60.5 Å². The van der Waals surface area contributed by atoms with Crippen molar-refractivity contribution in [3.05, 3.63) is 89.2 Å². The van der Waals surface area contributed by atoms with Gasteiger partial charge in [0.15, 0.2) is 0 Å². The third-order valence-corrected chi connectivity index (χ3v) is 5.17. The van der Waals surface area contributed by atoms with E-state index in [0.29, 0.717) is 28.6 Å². The van der Waals surface area contributed by atoms with Crippen LogP contribution in [-0.4, -0.2) is 17.5 Å². The van der Waals surface area contributed by atoms with Gasteiger partial charge in [0.1, 0.15) is 5.75 Å². The number of carbonyl (C=O) groups is 1. The fourth-order valence-corrected chi connectivity index (χ4v) is 3.43. The molecule has 0 radical (unpaired) electrons. The number of pyridine rings is 1. The van der Waals surface area contributed by atoms with Crippen LogP contribution in [0.15, 0.2) is 73.1 Å². The van der Waals surface area contributed by atoms with Gasteiger partial charge in [0.25, 0.3) is 5.91 Å². The van der Waals surface area contributed by atoms with E-state index in [4.69, 9.17) is 21.1 Å². The molecule has 1 heterocycles. The number of benzene rings is 2.